The van der Waals surface area contributed by atoms with Crippen LogP contribution in [-0.2, 0) is 0 Å². The SMILES string of the molecule is O=C(N/N=C/c1cc(N=Nc2ccccc2)ccc1O)c1ccccc1O. The zero-order valence-electron chi connectivity index (χ0n) is 14.1. The number of hydrogen-bond acceptors (Lipinski definition) is 6. The average Bonchev–Trinajstić information content (AvgIpc) is 2.69. The van der Waals surface area contributed by atoms with Crippen LogP contribution in [-0.4, -0.2) is 22.3 Å². The van der Waals surface area contributed by atoms with Gasteiger partial charge in [-0.1, -0.05) is 30.3 Å². The summed E-state index contributed by atoms with van der Waals surface area (Å²) in [6, 6.07) is 20.0. The fourth-order valence-electron chi connectivity index (χ4n) is 2.20. The molecule has 0 saturated carbocycles. The van der Waals surface area contributed by atoms with E-state index in [2.05, 4.69) is 20.8 Å². The number of hydrogen-bond donors (Lipinski definition) is 3. The largest absolute Gasteiger partial charge is 0.507 e. The first kappa shape index (κ1) is 17.8. The number of carbonyl (C=O) groups is 1. The molecule has 27 heavy (non-hydrogen) atoms. The van der Waals surface area contributed by atoms with E-state index in [4.69, 9.17) is 0 Å². The number of phenols is 2. The Bertz CT molecular complexity index is 1000. The van der Waals surface area contributed by atoms with Gasteiger partial charge in [0.15, 0.2) is 0 Å². The van der Waals surface area contributed by atoms with Crippen molar-refractivity contribution in [1.82, 2.24) is 5.43 Å². The molecule has 0 saturated heterocycles. The molecule has 0 bridgehead atoms. The van der Waals surface area contributed by atoms with Crippen molar-refractivity contribution in [3.63, 3.8) is 0 Å². The molecule has 134 valence electrons. The summed E-state index contributed by atoms with van der Waals surface area (Å²) in [7, 11) is 0. The second-order valence-corrected chi connectivity index (χ2v) is 5.49. The van der Waals surface area contributed by atoms with E-state index in [0.29, 0.717) is 16.9 Å². The summed E-state index contributed by atoms with van der Waals surface area (Å²) in [5, 5.41) is 31.6. The Balaban J connectivity index is 1.71. The lowest BCUT2D eigenvalue weighted by Gasteiger charge is -2.03. The molecule has 3 aromatic carbocycles. The van der Waals surface area contributed by atoms with Crippen molar-refractivity contribution in [1.29, 1.82) is 0 Å². The van der Waals surface area contributed by atoms with E-state index in [1.807, 2.05) is 30.3 Å². The zero-order chi connectivity index (χ0) is 19.1. The van der Waals surface area contributed by atoms with Crippen LogP contribution in [0.4, 0.5) is 11.4 Å². The van der Waals surface area contributed by atoms with Crippen molar-refractivity contribution >= 4 is 23.5 Å². The summed E-state index contributed by atoms with van der Waals surface area (Å²) in [6.45, 7) is 0. The third-order valence-corrected chi connectivity index (χ3v) is 3.57. The predicted molar refractivity (Wildman–Crippen MR) is 102 cm³/mol. The number of para-hydroxylation sites is 1. The molecule has 0 unspecified atom stereocenters. The molecule has 7 heteroatoms. The molecule has 7 nitrogen and oxygen atoms in total. The molecule has 1 amide bonds. The average molecular weight is 360 g/mol. The number of hydrazone groups is 1. The number of nitrogens with one attached hydrogen (secondary N) is 1. The summed E-state index contributed by atoms with van der Waals surface area (Å²) in [6.07, 6.45) is 1.29. The molecule has 0 aliphatic heterocycles. The summed E-state index contributed by atoms with van der Waals surface area (Å²) in [4.78, 5) is 12.0. The Hall–Kier alpha value is -4.00. The van der Waals surface area contributed by atoms with E-state index < -0.39 is 5.91 Å². The van der Waals surface area contributed by atoms with Crippen LogP contribution in [0.5, 0.6) is 11.5 Å². The normalized spacial score (nSPS) is 11.1. The predicted octanol–water partition coefficient (Wildman–Crippen LogP) is 4.28. The Labute approximate surface area is 155 Å². The number of nitrogens with zero attached hydrogens (tertiary/aromatic N) is 3. The van der Waals surface area contributed by atoms with Crippen molar-refractivity contribution in [3.05, 3.63) is 83.9 Å². The molecular weight excluding hydrogens is 344 g/mol. The van der Waals surface area contributed by atoms with Gasteiger partial charge < -0.3 is 10.2 Å². The molecule has 3 aromatic rings. The van der Waals surface area contributed by atoms with Crippen LogP contribution in [0.2, 0.25) is 0 Å². The highest BCUT2D eigenvalue weighted by atomic mass is 16.3. The lowest BCUT2D eigenvalue weighted by Crippen LogP contribution is -2.17. The maximum atomic E-state index is 12.0. The number of azo groups is 1. The van der Waals surface area contributed by atoms with Gasteiger partial charge in [-0.3, -0.25) is 4.79 Å². The first-order chi connectivity index (χ1) is 13.1. The van der Waals surface area contributed by atoms with Crippen molar-refractivity contribution in [2.75, 3.05) is 0 Å². The fraction of sp³-hybridized carbons (Fsp3) is 0. The first-order valence-electron chi connectivity index (χ1n) is 8.05. The highest BCUT2D eigenvalue weighted by Crippen LogP contribution is 2.24. The molecule has 0 spiro atoms. The highest BCUT2D eigenvalue weighted by molar-refractivity contribution is 5.97. The molecule has 3 N–H and O–H groups in total. The first-order valence-corrected chi connectivity index (χ1v) is 8.05. The van der Waals surface area contributed by atoms with Gasteiger partial charge in [0.05, 0.1) is 23.2 Å². The third-order valence-electron chi connectivity index (χ3n) is 3.57. The maximum absolute atomic E-state index is 12.0. The van der Waals surface area contributed by atoms with E-state index in [9.17, 15) is 15.0 Å². The lowest BCUT2D eigenvalue weighted by molar-refractivity contribution is 0.0952. The van der Waals surface area contributed by atoms with Gasteiger partial charge >= 0.3 is 0 Å². The summed E-state index contributed by atoms with van der Waals surface area (Å²) in [5.74, 6) is -0.727. The van der Waals surface area contributed by atoms with Gasteiger partial charge in [-0.2, -0.15) is 15.3 Å². The van der Waals surface area contributed by atoms with Gasteiger partial charge in [0.1, 0.15) is 11.5 Å². The van der Waals surface area contributed by atoms with Gasteiger partial charge in [-0.15, -0.1) is 0 Å². The van der Waals surface area contributed by atoms with Crippen molar-refractivity contribution in [2.45, 2.75) is 0 Å². The molecule has 3 rings (SSSR count). The Morgan fingerprint density at radius 3 is 2.30 bits per heavy atom. The molecule has 0 heterocycles. The zero-order valence-corrected chi connectivity index (χ0v) is 14.1. The van der Waals surface area contributed by atoms with Crippen molar-refractivity contribution < 1.29 is 15.0 Å². The van der Waals surface area contributed by atoms with Crippen LogP contribution in [0.1, 0.15) is 15.9 Å². The smallest absolute Gasteiger partial charge is 0.275 e. The summed E-state index contributed by atoms with van der Waals surface area (Å²) in [5.41, 5.74) is 3.98. The molecule has 0 radical (unpaired) electrons. The van der Waals surface area contributed by atoms with Gasteiger partial charge in [-0.05, 0) is 42.5 Å². The second-order valence-electron chi connectivity index (χ2n) is 5.49. The molecule has 0 aliphatic carbocycles. The molecule has 0 fully saturated rings. The summed E-state index contributed by atoms with van der Waals surface area (Å²) >= 11 is 0. The van der Waals surface area contributed by atoms with Crippen LogP contribution < -0.4 is 5.43 Å². The summed E-state index contributed by atoms with van der Waals surface area (Å²) < 4.78 is 0. The second kappa shape index (κ2) is 8.39. The molecule has 0 atom stereocenters. The topological polar surface area (TPSA) is 107 Å². The number of aromatic hydroxyl groups is 2. The number of carbonyl (C=O) groups excluding carboxylic acids is 1. The fourth-order valence-corrected chi connectivity index (χ4v) is 2.20. The highest BCUT2D eigenvalue weighted by Gasteiger charge is 2.08. The van der Waals surface area contributed by atoms with E-state index in [1.165, 1.54) is 24.4 Å². The Kier molecular flexibility index (Phi) is 5.54. The van der Waals surface area contributed by atoms with Crippen LogP contribution in [0, 0.1) is 0 Å². The van der Waals surface area contributed by atoms with E-state index in [-0.39, 0.29) is 17.1 Å². The standard InChI is InChI=1S/C20H16N4O3/c25-18-11-10-16(23-22-15-6-2-1-3-7-15)12-14(18)13-21-24-20(27)17-8-4-5-9-19(17)26/h1-13,25-26H,(H,24,27)/b21-13+,23-22?. The van der Waals surface area contributed by atoms with Crippen molar-refractivity contribution in [2.24, 2.45) is 15.3 Å². The Morgan fingerprint density at radius 2 is 1.52 bits per heavy atom. The monoisotopic (exact) mass is 360 g/mol. The van der Waals surface area contributed by atoms with Crippen LogP contribution in [0.3, 0.4) is 0 Å². The van der Waals surface area contributed by atoms with Crippen LogP contribution >= 0.6 is 0 Å². The number of phenolic OH excluding ortho intramolecular Hbond substituents is 2. The Morgan fingerprint density at radius 1 is 0.815 bits per heavy atom. The van der Waals surface area contributed by atoms with Gasteiger partial charge in [0.2, 0.25) is 0 Å². The minimum absolute atomic E-state index is 0.0192. The van der Waals surface area contributed by atoms with E-state index in [0.717, 1.165) is 0 Å². The third kappa shape index (κ3) is 4.76. The van der Waals surface area contributed by atoms with E-state index in [1.54, 1.807) is 24.3 Å². The van der Waals surface area contributed by atoms with Gasteiger partial charge in [0, 0.05) is 5.56 Å². The maximum Gasteiger partial charge on any atom is 0.275 e. The molecule has 0 aliphatic rings. The van der Waals surface area contributed by atoms with Crippen LogP contribution in [0.25, 0.3) is 0 Å². The van der Waals surface area contributed by atoms with Gasteiger partial charge in [0.25, 0.3) is 5.91 Å². The number of rotatable bonds is 5. The minimum Gasteiger partial charge on any atom is -0.507 e. The number of amides is 1. The van der Waals surface area contributed by atoms with E-state index >= 15 is 0 Å². The van der Waals surface area contributed by atoms with Gasteiger partial charge in [-0.25, -0.2) is 5.43 Å². The molecule has 0 aromatic heterocycles. The minimum atomic E-state index is -0.566. The molecular formula is C20H16N4O3. The van der Waals surface area contributed by atoms with Crippen LogP contribution in [0.15, 0.2) is 88.1 Å². The quantitative estimate of drug-likeness (QED) is 0.359. The lowest BCUT2D eigenvalue weighted by atomic mass is 10.2. The number of benzene rings is 3. The van der Waals surface area contributed by atoms with Crippen molar-refractivity contribution in [3.8, 4) is 11.5 Å².